The number of nitrogens with zero attached hydrogens (tertiary/aromatic N) is 3. The summed E-state index contributed by atoms with van der Waals surface area (Å²) >= 11 is 6.00. The van der Waals surface area contributed by atoms with Gasteiger partial charge < -0.3 is 19.1 Å². The Morgan fingerprint density at radius 3 is 2.31 bits per heavy atom. The highest BCUT2D eigenvalue weighted by atomic mass is 35.5. The molecule has 3 rings (SSSR count). The molecule has 26 heavy (non-hydrogen) atoms. The largest absolute Gasteiger partial charge is 0.493 e. The molecule has 0 unspecified atom stereocenters. The molecule has 1 aromatic carbocycles. The number of methoxy groups -OCH3 is 3. The van der Waals surface area contributed by atoms with Gasteiger partial charge in [0.2, 0.25) is 5.75 Å². The number of hydrogen-bond donors (Lipinski definition) is 0. The first-order valence-electron chi connectivity index (χ1n) is 8.53. The number of piperazine rings is 1. The molecule has 6 nitrogen and oxygen atoms in total. The zero-order chi connectivity index (χ0) is 18.5. The van der Waals surface area contributed by atoms with Crippen LogP contribution in [0.1, 0.15) is 5.56 Å². The van der Waals surface area contributed by atoms with E-state index in [4.69, 9.17) is 25.8 Å². The zero-order valence-electron chi connectivity index (χ0n) is 15.4. The summed E-state index contributed by atoms with van der Waals surface area (Å²) in [5, 5.41) is 0.528. The van der Waals surface area contributed by atoms with Crippen LogP contribution in [0, 0.1) is 0 Å². The van der Waals surface area contributed by atoms with Crippen molar-refractivity contribution in [2.24, 2.45) is 0 Å². The molecule has 7 heteroatoms. The van der Waals surface area contributed by atoms with E-state index in [-0.39, 0.29) is 0 Å². The van der Waals surface area contributed by atoms with Crippen molar-refractivity contribution in [3.63, 3.8) is 0 Å². The molecule has 0 N–H and O–H groups in total. The Hall–Kier alpha value is -2.18. The van der Waals surface area contributed by atoms with Gasteiger partial charge in [0.15, 0.2) is 11.5 Å². The van der Waals surface area contributed by atoms with Crippen LogP contribution < -0.4 is 19.1 Å². The van der Waals surface area contributed by atoms with Crippen LogP contribution >= 0.6 is 11.6 Å². The molecule has 1 aromatic heterocycles. The van der Waals surface area contributed by atoms with Crippen molar-refractivity contribution in [2.75, 3.05) is 52.4 Å². The average Bonchev–Trinajstić information content (AvgIpc) is 2.68. The van der Waals surface area contributed by atoms with Crippen LogP contribution in [0.5, 0.6) is 17.2 Å². The minimum absolute atomic E-state index is 0.528. The lowest BCUT2D eigenvalue weighted by molar-refractivity contribution is 0.244. The van der Waals surface area contributed by atoms with Crippen LogP contribution in [0.4, 0.5) is 5.69 Å². The van der Waals surface area contributed by atoms with Gasteiger partial charge in [0.25, 0.3) is 0 Å². The molecule has 140 valence electrons. The first-order chi connectivity index (χ1) is 12.7. The summed E-state index contributed by atoms with van der Waals surface area (Å²) in [6, 6.07) is 7.87. The number of halogens is 1. The van der Waals surface area contributed by atoms with Crippen LogP contribution in [0.3, 0.4) is 0 Å². The van der Waals surface area contributed by atoms with E-state index < -0.39 is 0 Å². The number of anilines is 1. The van der Waals surface area contributed by atoms with E-state index in [1.54, 1.807) is 27.5 Å². The van der Waals surface area contributed by atoms with E-state index in [0.29, 0.717) is 16.7 Å². The normalized spacial score (nSPS) is 15.0. The third-order valence-corrected chi connectivity index (χ3v) is 4.83. The maximum Gasteiger partial charge on any atom is 0.203 e. The molecule has 0 amide bonds. The second-order valence-electron chi connectivity index (χ2n) is 6.09. The minimum atomic E-state index is 0.528. The highest BCUT2D eigenvalue weighted by Gasteiger charge is 2.21. The third kappa shape index (κ3) is 3.97. The summed E-state index contributed by atoms with van der Waals surface area (Å²) in [6.07, 6.45) is 1.75. The van der Waals surface area contributed by atoms with Crippen LogP contribution in [0.2, 0.25) is 5.15 Å². The van der Waals surface area contributed by atoms with Gasteiger partial charge in [-0.25, -0.2) is 4.98 Å². The molecule has 1 fully saturated rings. The molecule has 0 saturated carbocycles. The monoisotopic (exact) mass is 377 g/mol. The second-order valence-corrected chi connectivity index (χ2v) is 6.48. The fraction of sp³-hybridized carbons (Fsp3) is 0.421. The number of pyridine rings is 1. The Morgan fingerprint density at radius 2 is 1.69 bits per heavy atom. The number of ether oxygens (including phenoxy) is 3. The SMILES string of the molecule is COc1ccc(CN2CCN(c3ccnc(Cl)c3)CC2)c(OC)c1OC. The van der Waals surface area contributed by atoms with Crippen LogP contribution in [-0.4, -0.2) is 57.4 Å². The van der Waals surface area contributed by atoms with E-state index in [1.807, 2.05) is 24.3 Å². The molecule has 1 saturated heterocycles. The maximum atomic E-state index is 6.00. The summed E-state index contributed by atoms with van der Waals surface area (Å²) in [6.45, 7) is 4.59. The Labute approximate surface area is 159 Å². The van der Waals surface area contributed by atoms with Crippen LogP contribution in [0.25, 0.3) is 0 Å². The van der Waals surface area contributed by atoms with E-state index in [0.717, 1.165) is 49.7 Å². The van der Waals surface area contributed by atoms with Crippen molar-refractivity contribution >= 4 is 17.3 Å². The lowest BCUT2D eigenvalue weighted by atomic mass is 10.1. The summed E-state index contributed by atoms with van der Waals surface area (Å²) in [4.78, 5) is 8.78. The standard InChI is InChI=1S/C19H24ClN3O3/c1-24-16-5-4-14(18(25-2)19(16)26-3)13-22-8-10-23(11-9-22)15-6-7-21-17(20)12-15/h4-7,12H,8-11,13H2,1-3H3. The molecule has 1 aliphatic heterocycles. The molecule has 0 atom stereocenters. The molecule has 0 bridgehead atoms. The number of rotatable bonds is 6. The highest BCUT2D eigenvalue weighted by Crippen LogP contribution is 2.40. The van der Waals surface area contributed by atoms with Gasteiger partial charge in [-0.1, -0.05) is 17.7 Å². The van der Waals surface area contributed by atoms with E-state index in [2.05, 4.69) is 14.8 Å². The summed E-state index contributed by atoms with van der Waals surface area (Å²) < 4.78 is 16.4. The fourth-order valence-corrected chi connectivity index (χ4v) is 3.45. The average molecular weight is 378 g/mol. The van der Waals surface area contributed by atoms with Gasteiger partial charge in [-0.2, -0.15) is 0 Å². The minimum Gasteiger partial charge on any atom is -0.493 e. The molecule has 2 aromatic rings. The first-order valence-corrected chi connectivity index (χ1v) is 8.90. The fourth-order valence-electron chi connectivity index (χ4n) is 3.28. The Bertz CT molecular complexity index is 749. The van der Waals surface area contributed by atoms with E-state index in [1.165, 1.54) is 0 Å². The second kappa shape index (κ2) is 8.47. The van der Waals surface area contributed by atoms with Gasteiger partial charge in [0.05, 0.1) is 21.3 Å². The third-order valence-electron chi connectivity index (χ3n) is 4.63. The van der Waals surface area contributed by atoms with Crippen molar-refractivity contribution in [3.8, 4) is 17.2 Å². The lowest BCUT2D eigenvalue weighted by Crippen LogP contribution is -2.46. The van der Waals surface area contributed by atoms with Crippen molar-refractivity contribution in [2.45, 2.75) is 6.54 Å². The predicted octanol–water partition coefficient (Wildman–Crippen LogP) is 3.08. The summed E-state index contributed by atoms with van der Waals surface area (Å²) in [5.41, 5.74) is 2.21. The Balaban J connectivity index is 1.68. The summed E-state index contributed by atoms with van der Waals surface area (Å²) in [7, 11) is 4.91. The van der Waals surface area contributed by atoms with Gasteiger partial charge in [-0.05, 0) is 18.2 Å². The quantitative estimate of drug-likeness (QED) is 0.721. The molecule has 0 radical (unpaired) electrons. The summed E-state index contributed by atoms with van der Waals surface area (Å²) in [5.74, 6) is 2.04. The van der Waals surface area contributed by atoms with E-state index >= 15 is 0 Å². The van der Waals surface area contributed by atoms with Crippen molar-refractivity contribution in [1.29, 1.82) is 0 Å². The van der Waals surface area contributed by atoms with Gasteiger partial charge in [0, 0.05) is 50.2 Å². The van der Waals surface area contributed by atoms with Crippen molar-refractivity contribution in [3.05, 3.63) is 41.2 Å². The molecule has 0 aliphatic carbocycles. The van der Waals surface area contributed by atoms with Gasteiger partial charge in [-0.3, -0.25) is 4.90 Å². The zero-order valence-corrected chi connectivity index (χ0v) is 16.1. The smallest absolute Gasteiger partial charge is 0.203 e. The van der Waals surface area contributed by atoms with Gasteiger partial charge in [-0.15, -0.1) is 0 Å². The van der Waals surface area contributed by atoms with Gasteiger partial charge >= 0.3 is 0 Å². The van der Waals surface area contributed by atoms with Crippen molar-refractivity contribution in [1.82, 2.24) is 9.88 Å². The topological polar surface area (TPSA) is 47.1 Å². The number of hydrogen-bond acceptors (Lipinski definition) is 6. The molecular weight excluding hydrogens is 354 g/mol. The first kappa shape index (κ1) is 18.6. The molecular formula is C19H24ClN3O3. The lowest BCUT2D eigenvalue weighted by Gasteiger charge is -2.36. The maximum absolute atomic E-state index is 6.00. The number of benzene rings is 1. The van der Waals surface area contributed by atoms with Crippen LogP contribution in [0.15, 0.2) is 30.5 Å². The van der Waals surface area contributed by atoms with Gasteiger partial charge in [0.1, 0.15) is 5.15 Å². The Morgan fingerprint density at radius 1 is 0.962 bits per heavy atom. The number of aromatic nitrogens is 1. The van der Waals surface area contributed by atoms with Crippen LogP contribution in [-0.2, 0) is 6.54 Å². The highest BCUT2D eigenvalue weighted by molar-refractivity contribution is 6.29. The Kier molecular flexibility index (Phi) is 6.06. The molecule has 2 heterocycles. The van der Waals surface area contributed by atoms with E-state index in [9.17, 15) is 0 Å². The molecule has 0 spiro atoms. The van der Waals surface area contributed by atoms with Crippen molar-refractivity contribution < 1.29 is 14.2 Å². The predicted molar refractivity (Wildman–Crippen MR) is 103 cm³/mol. The molecule has 1 aliphatic rings.